The van der Waals surface area contributed by atoms with Gasteiger partial charge in [0.15, 0.2) is 0 Å². The average molecular weight is 358 g/mol. The lowest BCUT2D eigenvalue weighted by atomic mass is 10.1. The van der Waals surface area contributed by atoms with Crippen LogP contribution in [0.25, 0.3) is 0 Å². The van der Waals surface area contributed by atoms with E-state index >= 15 is 0 Å². The number of amides is 1. The Morgan fingerprint density at radius 2 is 2.15 bits per heavy atom. The zero-order valence-corrected chi connectivity index (χ0v) is 13.7. The maximum Gasteiger partial charge on any atom is 0.255 e. The molecule has 0 spiro atoms. The van der Waals surface area contributed by atoms with Crippen LogP contribution >= 0.6 is 27.5 Å². The molecule has 2 rings (SSSR count). The predicted octanol–water partition coefficient (Wildman–Crippen LogP) is 3.98. The molecule has 6 heteroatoms. The van der Waals surface area contributed by atoms with Crippen LogP contribution in [0.4, 0.5) is 0 Å². The SMILES string of the molecule is Cc1noc(C)c1CN(C)C(=O)c1ccc(Cl)cc1Br. The molecule has 0 radical (unpaired) electrons. The molecule has 0 saturated carbocycles. The van der Waals surface area contributed by atoms with Crippen molar-refractivity contribution < 1.29 is 9.32 Å². The lowest BCUT2D eigenvalue weighted by Crippen LogP contribution is -2.27. The normalized spacial score (nSPS) is 10.7. The van der Waals surface area contributed by atoms with Crippen LogP contribution < -0.4 is 0 Å². The molecule has 1 heterocycles. The van der Waals surface area contributed by atoms with Crippen LogP contribution in [-0.2, 0) is 6.54 Å². The maximum absolute atomic E-state index is 12.4. The second kappa shape index (κ2) is 5.97. The topological polar surface area (TPSA) is 46.3 Å². The van der Waals surface area contributed by atoms with E-state index in [1.165, 1.54) is 0 Å². The van der Waals surface area contributed by atoms with Gasteiger partial charge in [-0.3, -0.25) is 4.79 Å². The number of carbonyl (C=O) groups excluding carboxylic acids is 1. The highest BCUT2D eigenvalue weighted by molar-refractivity contribution is 9.10. The molecular formula is C14H14BrClN2O2. The van der Waals surface area contributed by atoms with Gasteiger partial charge in [0.2, 0.25) is 0 Å². The molecule has 1 aromatic carbocycles. The first-order valence-corrected chi connectivity index (χ1v) is 7.19. The monoisotopic (exact) mass is 356 g/mol. The Balaban J connectivity index is 2.21. The van der Waals surface area contributed by atoms with Crippen molar-refractivity contribution >= 4 is 33.4 Å². The first-order chi connectivity index (χ1) is 9.40. The third kappa shape index (κ3) is 3.04. The van der Waals surface area contributed by atoms with Gasteiger partial charge in [-0.2, -0.15) is 0 Å². The van der Waals surface area contributed by atoms with Crippen LogP contribution in [-0.4, -0.2) is 23.0 Å². The molecule has 0 bridgehead atoms. The van der Waals surface area contributed by atoms with E-state index in [0.717, 1.165) is 17.0 Å². The van der Waals surface area contributed by atoms with Gasteiger partial charge in [-0.15, -0.1) is 0 Å². The van der Waals surface area contributed by atoms with Crippen molar-refractivity contribution in [1.29, 1.82) is 0 Å². The summed E-state index contributed by atoms with van der Waals surface area (Å²) in [6, 6.07) is 5.11. The van der Waals surface area contributed by atoms with E-state index in [0.29, 0.717) is 21.6 Å². The molecule has 4 nitrogen and oxygen atoms in total. The van der Waals surface area contributed by atoms with E-state index in [-0.39, 0.29) is 5.91 Å². The Morgan fingerprint density at radius 3 is 2.70 bits per heavy atom. The van der Waals surface area contributed by atoms with Gasteiger partial charge >= 0.3 is 0 Å². The molecule has 0 fully saturated rings. The molecule has 0 aliphatic heterocycles. The smallest absolute Gasteiger partial charge is 0.255 e. The van der Waals surface area contributed by atoms with Gasteiger partial charge in [-0.25, -0.2) is 0 Å². The first kappa shape index (κ1) is 15.1. The summed E-state index contributed by atoms with van der Waals surface area (Å²) in [5.41, 5.74) is 2.31. The summed E-state index contributed by atoms with van der Waals surface area (Å²) in [5.74, 6) is 0.644. The number of benzene rings is 1. The van der Waals surface area contributed by atoms with Crippen LogP contribution in [0.5, 0.6) is 0 Å². The Morgan fingerprint density at radius 1 is 1.45 bits per heavy atom. The van der Waals surface area contributed by atoms with Crippen LogP contribution in [0.3, 0.4) is 0 Å². The standard InChI is InChI=1S/C14H14BrClN2O2/c1-8-12(9(2)20-17-8)7-18(3)14(19)11-5-4-10(16)6-13(11)15/h4-6H,7H2,1-3H3. The predicted molar refractivity (Wildman–Crippen MR) is 80.9 cm³/mol. The van der Waals surface area contributed by atoms with E-state index < -0.39 is 0 Å². The van der Waals surface area contributed by atoms with Crippen molar-refractivity contribution in [2.45, 2.75) is 20.4 Å². The number of hydrogen-bond acceptors (Lipinski definition) is 3. The molecule has 0 atom stereocenters. The highest BCUT2D eigenvalue weighted by Crippen LogP contribution is 2.23. The minimum Gasteiger partial charge on any atom is -0.361 e. The summed E-state index contributed by atoms with van der Waals surface area (Å²) < 4.78 is 5.79. The highest BCUT2D eigenvalue weighted by Gasteiger charge is 2.18. The second-order valence-corrected chi connectivity index (χ2v) is 5.88. The first-order valence-electron chi connectivity index (χ1n) is 6.02. The van der Waals surface area contributed by atoms with E-state index in [4.69, 9.17) is 16.1 Å². The Hall–Kier alpha value is -1.33. The molecule has 0 unspecified atom stereocenters. The van der Waals surface area contributed by atoms with Crippen molar-refractivity contribution in [1.82, 2.24) is 10.1 Å². The number of carbonyl (C=O) groups is 1. The minimum atomic E-state index is -0.0893. The summed E-state index contributed by atoms with van der Waals surface area (Å²) in [7, 11) is 1.75. The van der Waals surface area contributed by atoms with Gasteiger partial charge in [0.1, 0.15) is 5.76 Å². The van der Waals surface area contributed by atoms with Crippen molar-refractivity contribution in [3.05, 3.63) is 50.3 Å². The van der Waals surface area contributed by atoms with Crippen molar-refractivity contribution in [2.24, 2.45) is 0 Å². The summed E-state index contributed by atoms with van der Waals surface area (Å²) in [5, 5.41) is 4.48. The third-order valence-electron chi connectivity index (χ3n) is 3.08. The number of rotatable bonds is 3. The molecule has 2 aromatic rings. The van der Waals surface area contributed by atoms with Crippen LogP contribution in [0.15, 0.2) is 27.2 Å². The molecular weight excluding hydrogens is 344 g/mol. The lowest BCUT2D eigenvalue weighted by molar-refractivity contribution is 0.0783. The number of aromatic nitrogens is 1. The number of aryl methyl sites for hydroxylation is 2. The van der Waals surface area contributed by atoms with Gasteiger partial charge in [0.05, 0.1) is 17.8 Å². The molecule has 106 valence electrons. The number of hydrogen-bond donors (Lipinski definition) is 0. The summed E-state index contributed by atoms with van der Waals surface area (Å²) in [4.78, 5) is 14.1. The van der Waals surface area contributed by atoms with Crippen molar-refractivity contribution in [2.75, 3.05) is 7.05 Å². The molecule has 1 aromatic heterocycles. The van der Waals surface area contributed by atoms with Crippen molar-refractivity contribution in [3.63, 3.8) is 0 Å². The molecule has 0 saturated heterocycles. The largest absolute Gasteiger partial charge is 0.361 e. The molecule has 1 amide bonds. The summed E-state index contributed by atoms with van der Waals surface area (Å²) >= 11 is 9.24. The third-order valence-corrected chi connectivity index (χ3v) is 3.98. The number of halogens is 2. The van der Waals surface area contributed by atoms with E-state index in [1.807, 2.05) is 13.8 Å². The maximum atomic E-state index is 12.4. The van der Waals surface area contributed by atoms with Crippen molar-refractivity contribution in [3.8, 4) is 0 Å². The highest BCUT2D eigenvalue weighted by atomic mass is 79.9. The summed E-state index contributed by atoms with van der Waals surface area (Å²) in [6.45, 7) is 4.16. The van der Waals surface area contributed by atoms with Gasteiger partial charge in [-0.1, -0.05) is 16.8 Å². The summed E-state index contributed by atoms with van der Waals surface area (Å²) in [6.07, 6.45) is 0. The van der Waals surface area contributed by atoms with E-state index in [2.05, 4.69) is 21.1 Å². The molecule has 0 aliphatic carbocycles. The van der Waals surface area contributed by atoms with Gasteiger partial charge < -0.3 is 9.42 Å². The fraction of sp³-hybridized carbons (Fsp3) is 0.286. The van der Waals surface area contributed by atoms with Gasteiger partial charge in [0.25, 0.3) is 5.91 Å². The quantitative estimate of drug-likeness (QED) is 0.834. The van der Waals surface area contributed by atoms with E-state index in [1.54, 1.807) is 30.1 Å². The Kier molecular flexibility index (Phi) is 4.50. The minimum absolute atomic E-state index is 0.0893. The van der Waals surface area contributed by atoms with Gasteiger partial charge in [-0.05, 0) is 48.0 Å². The van der Waals surface area contributed by atoms with Crippen LogP contribution in [0.2, 0.25) is 5.02 Å². The van der Waals surface area contributed by atoms with Crippen LogP contribution in [0, 0.1) is 13.8 Å². The zero-order chi connectivity index (χ0) is 14.9. The van der Waals surface area contributed by atoms with E-state index in [9.17, 15) is 4.79 Å². The fourth-order valence-electron chi connectivity index (χ4n) is 1.91. The molecule has 0 aliphatic rings. The Labute approximate surface area is 130 Å². The lowest BCUT2D eigenvalue weighted by Gasteiger charge is -2.18. The average Bonchev–Trinajstić information content (AvgIpc) is 2.70. The molecule has 0 N–H and O–H groups in total. The molecule has 20 heavy (non-hydrogen) atoms. The Bertz CT molecular complexity index is 635. The zero-order valence-electron chi connectivity index (χ0n) is 11.4. The number of nitrogens with zero attached hydrogens (tertiary/aromatic N) is 2. The fourth-order valence-corrected chi connectivity index (χ4v) is 2.76. The van der Waals surface area contributed by atoms with Crippen LogP contribution in [0.1, 0.15) is 27.4 Å². The van der Waals surface area contributed by atoms with Gasteiger partial charge in [0, 0.05) is 22.1 Å². The second-order valence-electron chi connectivity index (χ2n) is 4.59.